The van der Waals surface area contributed by atoms with Crippen molar-refractivity contribution in [3.8, 4) is 23.1 Å². The van der Waals surface area contributed by atoms with Crippen LogP contribution in [0.5, 0.6) is 23.1 Å². The van der Waals surface area contributed by atoms with Crippen molar-refractivity contribution < 1.29 is 42.1 Å². The molecule has 0 bridgehead atoms. The molecule has 182 valence electrons. The van der Waals surface area contributed by atoms with Crippen LogP contribution in [0.2, 0.25) is 0 Å². The van der Waals surface area contributed by atoms with Gasteiger partial charge in [-0.1, -0.05) is 0 Å². The summed E-state index contributed by atoms with van der Waals surface area (Å²) >= 11 is 0. The number of methoxy groups -OCH3 is 4. The van der Waals surface area contributed by atoms with Gasteiger partial charge in [0.1, 0.15) is 22.9 Å². The molecule has 2 N–H and O–H groups in total. The molecule has 2 aromatic rings. The lowest BCUT2D eigenvalue weighted by molar-refractivity contribution is -0.131. The fourth-order valence-electron chi connectivity index (χ4n) is 2.80. The van der Waals surface area contributed by atoms with Crippen LogP contribution in [0.4, 0.5) is 5.69 Å². The number of pyridine rings is 1. The van der Waals surface area contributed by atoms with Gasteiger partial charge in [0.15, 0.2) is 9.84 Å². The van der Waals surface area contributed by atoms with E-state index in [-0.39, 0.29) is 17.1 Å². The molecule has 0 aliphatic heterocycles. The number of hydrogen-bond donors (Lipinski definition) is 2. The molecule has 2 rings (SSSR count). The molecular weight excluding hydrogens is 468 g/mol. The number of benzene rings is 1. The van der Waals surface area contributed by atoms with Gasteiger partial charge in [0.2, 0.25) is 11.8 Å². The zero-order chi connectivity index (χ0) is 25.3. The predicted molar refractivity (Wildman–Crippen MR) is 124 cm³/mol. The van der Waals surface area contributed by atoms with Gasteiger partial charge in [-0.25, -0.2) is 18.2 Å². The van der Waals surface area contributed by atoms with E-state index in [0.29, 0.717) is 28.9 Å². The first kappa shape index (κ1) is 26.2. The quantitative estimate of drug-likeness (QED) is 0.447. The van der Waals surface area contributed by atoms with E-state index in [1.54, 1.807) is 12.1 Å². The lowest BCUT2D eigenvalue weighted by Gasteiger charge is -2.12. The summed E-state index contributed by atoms with van der Waals surface area (Å²) in [5.74, 6) is -1.26. The average Bonchev–Trinajstić information content (AvgIpc) is 2.80. The summed E-state index contributed by atoms with van der Waals surface area (Å²) < 4.78 is 46.4. The summed E-state index contributed by atoms with van der Waals surface area (Å²) in [6.45, 7) is 0. The van der Waals surface area contributed by atoms with Crippen LogP contribution in [0.25, 0.3) is 6.08 Å². The fraction of sp³-hybridized carbons (Fsp3) is 0.227. The van der Waals surface area contributed by atoms with Gasteiger partial charge in [-0.2, -0.15) is 0 Å². The van der Waals surface area contributed by atoms with Crippen molar-refractivity contribution in [3.05, 3.63) is 53.1 Å². The number of nitrogens with one attached hydrogen (secondary N) is 1. The normalized spacial score (nSPS) is 11.4. The van der Waals surface area contributed by atoms with Gasteiger partial charge < -0.3 is 29.4 Å². The molecule has 0 aliphatic rings. The molecule has 34 heavy (non-hydrogen) atoms. The number of nitrogens with zero attached hydrogens (tertiary/aromatic N) is 1. The molecule has 1 aromatic carbocycles. The van der Waals surface area contributed by atoms with E-state index in [1.807, 2.05) is 0 Å². The number of amides is 1. The lowest BCUT2D eigenvalue weighted by atomic mass is 10.1. The molecule has 0 spiro atoms. The molecule has 0 atom stereocenters. The molecule has 11 nitrogen and oxygen atoms in total. The minimum Gasteiger partial charge on any atom is -0.496 e. The van der Waals surface area contributed by atoms with Crippen molar-refractivity contribution >= 4 is 33.5 Å². The smallest absolute Gasteiger partial charge is 0.328 e. The van der Waals surface area contributed by atoms with Gasteiger partial charge >= 0.3 is 5.97 Å². The average molecular weight is 493 g/mol. The minimum atomic E-state index is -3.79. The monoisotopic (exact) mass is 492 g/mol. The number of hydrogen-bond acceptors (Lipinski definition) is 9. The van der Waals surface area contributed by atoms with E-state index in [1.165, 1.54) is 46.8 Å². The Morgan fingerprint density at radius 3 is 2.18 bits per heavy atom. The summed E-state index contributed by atoms with van der Waals surface area (Å²) in [5, 5.41) is 12.0. The second-order valence-electron chi connectivity index (χ2n) is 6.62. The molecule has 0 radical (unpaired) electrons. The van der Waals surface area contributed by atoms with Crippen LogP contribution in [-0.2, 0) is 25.2 Å². The van der Waals surface area contributed by atoms with E-state index in [2.05, 4.69) is 10.3 Å². The molecule has 0 aliphatic carbocycles. The number of aliphatic carboxylic acids is 1. The number of carboxylic acid groups (broad SMARTS) is 1. The second kappa shape index (κ2) is 11.7. The molecule has 0 unspecified atom stereocenters. The van der Waals surface area contributed by atoms with Crippen LogP contribution in [0, 0.1) is 0 Å². The Morgan fingerprint density at radius 2 is 1.65 bits per heavy atom. The number of rotatable bonds is 11. The Kier molecular flexibility index (Phi) is 9.01. The van der Waals surface area contributed by atoms with E-state index in [0.717, 1.165) is 11.5 Å². The Balaban J connectivity index is 2.31. The number of ether oxygens (including phenoxy) is 4. The Bertz CT molecular complexity index is 1200. The molecule has 1 amide bonds. The van der Waals surface area contributed by atoms with Gasteiger partial charge in [-0.05, 0) is 17.7 Å². The fourth-order valence-corrected chi connectivity index (χ4v) is 3.86. The van der Waals surface area contributed by atoms with Crippen molar-refractivity contribution in [2.75, 3.05) is 33.8 Å². The van der Waals surface area contributed by atoms with Crippen LogP contribution in [0.15, 0.2) is 42.0 Å². The molecule has 0 fully saturated rings. The maximum Gasteiger partial charge on any atom is 0.328 e. The third-order valence-corrected chi connectivity index (χ3v) is 5.59. The van der Waals surface area contributed by atoms with Crippen molar-refractivity contribution in [1.29, 1.82) is 0 Å². The maximum atomic E-state index is 12.7. The number of aromatic nitrogens is 1. The molecule has 0 saturated carbocycles. The molecule has 1 heterocycles. The largest absolute Gasteiger partial charge is 0.496 e. The van der Waals surface area contributed by atoms with Crippen LogP contribution < -0.4 is 24.3 Å². The summed E-state index contributed by atoms with van der Waals surface area (Å²) in [5.41, 5.74) is 0.745. The third kappa shape index (κ3) is 7.24. The summed E-state index contributed by atoms with van der Waals surface area (Å²) in [7, 11) is 1.88. The Hall–Kier alpha value is -4.06. The standard InChI is InChI=1S/C22H24N2O9S/c1-30-15-10-18(31-2)16(19(11-15)32-3)7-8-34(28,29)13-14-9-17(22(33-4)23-12-14)24-20(25)5-6-21(26)27/h5-12H,13H2,1-4H3,(H,24,25)(H,26,27)/b6-5-,8-7+. The summed E-state index contributed by atoms with van der Waals surface area (Å²) in [6.07, 6.45) is 4.11. The minimum absolute atomic E-state index is 0.0291. The molecule has 1 aromatic heterocycles. The maximum absolute atomic E-state index is 12.7. The number of carbonyl (C=O) groups is 2. The van der Waals surface area contributed by atoms with Crippen molar-refractivity contribution in [1.82, 2.24) is 4.98 Å². The van der Waals surface area contributed by atoms with Gasteiger partial charge in [-0.15, -0.1) is 0 Å². The number of sulfone groups is 1. The molecule has 0 saturated heterocycles. The first-order chi connectivity index (χ1) is 16.1. The molecular formula is C22H24N2O9S. The highest BCUT2D eigenvalue weighted by Crippen LogP contribution is 2.35. The topological polar surface area (TPSA) is 150 Å². The Morgan fingerprint density at radius 1 is 1.00 bits per heavy atom. The zero-order valence-corrected chi connectivity index (χ0v) is 19.7. The van der Waals surface area contributed by atoms with Crippen molar-refractivity contribution in [3.63, 3.8) is 0 Å². The van der Waals surface area contributed by atoms with Crippen molar-refractivity contribution in [2.24, 2.45) is 0 Å². The first-order valence-electron chi connectivity index (χ1n) is 9.58. The SMILES string of the molecule is COc1cc(OC)c(/C=C/S(=O)(=O)Cc2cnc(OC)c(NC(=O)/C=C\C(=O)O)c2)c(OC)c1. The number of carbonyl (C=O) groups excluding carboxylic acids is 1. The van der Waals surface area contributed by atoms with Gasteiger partial charge in [0.05, 0.1) is 39.8 Å². The Labute approximate surface area is 196 Å². The van der Waals surface area contributed by atoms with Crippen LogP contribution >= 0.6 is 0 Å². The zero-order valence-electron chi connectivity index (χ0n) is 18.9. The van der Waals surface area contributed by atoms with Crippen LogP contribution in [0.1, 0.15) is 11.1 Å². The number of carboxylic acids is 1. The second-order valence-corrected chi connectivity index (χ2v) is 8.50. The third-order valence-electron chi connectivity index (χ3n) is 4.30. The lowest BCUT2D eigenvalue weighted by Crippen LogP contribution is -2.11. The highest BCUT2D eigenvalue weighted by atomic mass is 32.2. The van der Waals surface area contributed by atoms with Crippen molar-refractivity contribution in [2.45, 2.75) is 5.75 Å². The predicted octanol–water partition coefficient (Wildman–Crippen LogP) is 2.28. The van der Waals surface area contributed by atoms with E-state index < -0.39 is 27.5 Å². The van der Waals surface area contributed by atoms with Crippen LogP contribution in [-0.4, -0.2) is 58.8 Å². The molecule has 12 heteroatoms. The highest BCUT2D eigenvalue weighted by Gasteiger charge is 2.16. The van der Waals surface area contributed by atoms with Crippen LogP contribution in [0.3, 0.4) is 0 Å². The van der Waals surface area contributed by atoms with Gasteiger partial charge in [0, 0.05) is 35.9 Å². The van der Waals surface area contributed by atoms with E-state index in [4.69, 9.17) is 24.1 Å². The highest BCUT2D eigenvalue weighted by molar-refractivity contribution is 7.93. The van der Waals surface area contributed by atoms with Gasteiger partial charge in [0.25, 0.3) is 0 Å². The number of anilines is 1. The van der Waals surface area contributed by atoms with E-state index >= 15 is 0 Å². The summed E-state index contributed by atoms with van der Waals surface area (Å²) in [4.78, 5) is 26.5. The first-order valence-corrected chi connectivity index (χ1v) is 11.3. The van der Waals surface area contributed by atoms with E-state index in [9.17, 15) is 18.0 Å². The summed E-state index contributed by atoms with van der Waals surface area (Å²) in [6, 6.07) is 4.56. The van der Waals surface area contributed by atoms with Gasteiger partial charge in [-0.3, -0.25) is 4.79 Å².